The normalized spacial score (nSPS) is 13.7. The van der Waals surface area contributed by atoms with E-state index in [0.717, 1.165) is 52.3 Å². The molecule has 2 aromatic heterocycles. The Morgan fingerprint density at radius 3 is 2.07 bits per heavy atom. The minimum Gasteiger partial charge on any atom is -0.512 e. The number of nitrogens with zero attached hydrogens (tertiary/aromatic N) is 1. The zero-order chi connectivity index (χ0) is 41.8. The summed E-state index contributed by atoms with van der Waals surface area (Å²) in [7, 11) is 0. The fraction of sp³-hybridized carbons (Fsp3) is 0.435. The number of aliphatic hydroxyl groups is 1. The first kappa shape index (κ1) is 40.3. The van der Waals surface area contributed by atoms with Crippen molar-refractivity contribution in [3.05, 3.63) is 101 Å². The number of ketones is 1. The minimum atomic E-state index is -4.33. The van der Waals surface area contributed by atoms with Crippen molar-refractivity contribution in [2.24, 2.45) is 17.3 Å². The van der Waals surface area contributed by atoms with Gasteiger partial charge in [0.2, 0.25) is 0 Å². The van der Waals surface area contributed by atoms with E-state index in [2.05, 4.69) is 39.0 Å². The van der Waals surface area contributed by atoms with Crippen molar-refractivity contribution in [1.82, 2.24) is 4.98 Å². The van der Waals surface area contributed by atoms with E-state index in [9.17, 15) is 23.1 Å². The zero-order valence-electron chi connectivity index (χ0n) is 35.8. The second kappa shape index (κ2) is 18.5. The molecule has 0 bridgehead atoms. The van der Waals surface area contributed by atoms with Gasteiger partial charge in [-0.25, -0.2) is 0 Å². The summed E-state index contributed by atoms with van der Waals surface area (Å²) in [6.07, 6.45) is 2.04. The quantitative estimate of drug-likeness (QED) is 0.0815. The zero-order valence-corrected chi connectivity index (χ0v) is 36.0. The Labute approximate surface area is 342 Å². The topological polar surface area (TPSA) is 50.2 Å². The van der Waals surface area contributed by atoms with Crippen LogP contribution in [0.1, 0.15) is 109 Å². The number of aromatic nitrogens is 1. The summed E-state index contributed by atoms with van der Waals surface area (Å²) >= 11 is 1.34. The Hall–Kier alpha value is -3.32. The van der Waals surface area contributed by atoms with Gasteiger partial charge in [0.1, 0.15) is 0 Å². The Morgan fingerprint density at radius 2 is 1.52 bits per heavy atom. The molecule has 2 heterocycles. The van der Waals surface area contributed by atoms with E-state index in [4.69, 9.17) is 9.10 Å². The monoisotopic (exact) mass is 938 g/mol. The fourth-order valence-electron chi connectivity index (χ4n) is 6.56. The molecule has 0 aliphatic carbocycles. The van der Waals surface area contributed by atoms with Gasteiger partial charge in [0.15, 0.2) is 5.78 Å². The van der Waals surface area contributed by atoms with Gasteiger partial charge in [-0.05, 0) is 72.5 Å². The third-order valence-electron chi connectivity index (χ3n) is 10.2. The maximum Gasteiger partial charge on any atom is 0.394 e. The summed E-state index contributed by atoms with van der Waals surface area (Å²) < 4.78 is 66.2. The molecule has 5 aromatic rings. The molecule has 0 atom stereocenters. The Bertz CT molecular complexity index is 2160. The van der Waals surface area contributed by atoms with E-state index in [1.165, 1.54) is 31.3 Å². The molecule has 0 saturated carbocycles. The summed E-state index contributed by atoms with van der Waals surface area (Å²) in [4.78, 5) is 17.0. The molecule has 1 radical (unpaired) electrons. The molecule has 3 nitrogen and oxygen atoms in total. The molecule has 54 heavy (non-hydrogen) atoms. The number of hydrogen-bond acceptors (Lipinski definition) is 4. The molecule has 1 N–H and O–H groups in total. The van der Waals surface area contributed by atoms with Crippen LogP contribution in [0, 0.1) is 30.2 Å². The second-order valence-corrected chi connectivity index (χ2v) is 16.5. The predicted molar refractivity (Wildman–Crippen MR) is 218 cm³/mol. The van der Waals surface area contributed by atoms with Gasteiger partial charge in [-0.1, -0.05) is 116 Å². The number of allylic oxidation sites excluding steroid dienone is 2. The number of rotatable bonds is 11. The number of alkyl halides is 3. The number of aliphatic hydroxyl groups excluding tert-OH is 1. The fourth-order valence-corrected chi connectivity index (χ4v) is 7.77. The molecule has 0 unspecified atom stereocenters. The molecular formula is C46H55F3IrNO2S-. The first-order valence-electron chi connectivity index (χ1n) is 20.1. The minimum absolute atomic E-state index is 0. The average Bonchev–Trinajstić information content (AvgIpc) is 3.53. The van der Waals surface area contributed by atoms with Crippen molar-refractivity contribution in [2.75, 3.05) is 0 Å². The van der Waals surface area contributed by atoms with Crippen LogP contribution < -0.4 is 0 Å². The van der Waals surface area contributed by atoms with Gasteiger partial charge in [0.05, 0.1) is 11.2 Å². The molecule has 0 aliphatic heterocycles. The van der Waals surface area contributed by atoms with Crippen molar-refractivity contribution < 1.29 is 47.3 Å². The van der Waals surface area contributed by atoms with Gasteiger partial charge < -0.3 is 5.11 Å². The smallest absolute Gasteiger partial charge is 0.394 e. The van der Waals surface area contributed by atoms with E-state index >= 15 is 0 Å². The van der Waals surface area contributed by atoms with Crippen LogP contribution in [0.15, 0.2) is 78.7 Å². The number of thiophene rings is 1. The summed E-state index contributed by atoms with van der Waals surface area (Å²) in [5.41, 5.74) is 1.97. The van der Waals surface area contributed by atoms with Crippen molar-refractivity contribution in [3.8, 4) is 21.7 Å². The molecule has 5 rings (SSSR count). The number of fused-ring (bicyclic) bond motifs is 2. The summed E-state index contributed by atoms with van der Waals surface area (Å²) in [6, 6.07) is 22.2. The average molecular weight is 938 g/mol. The van der Waals surface area contributed by atoms with Gasteiger partial charge in [-0.3, -0.25) is 9.78 Å². The molecule has 293 valence electrons. The Morgan fingerprint density at radius 1 is 0.907 bits per heavy atom. The molecule has 0 fully saturated rings. The molecule has 0 spiro atoms. The molecule has 0 saturated heterocycles. The van der Waals surface area contributed by atoms with Gasteiger partial charge in [-0.15, -0.1) is 40.5 Å². The van der Waals surface area contributed by atoms with Gasteiger partial charge in [-0.2, -0.15) is 13.2 Å². The Balaban J connectivity index is 0.000000464. The first-order chi connectivity index (χ1) is 26.1. The number of carbonyl (C=O) groups is 1. The van der Waals surface area contributed by atoms with Crippen LogP contribution in [0.3, 0.4) is 0 Å². The van der Waals surface area contributed by atoms with E-state index in [0.29, 0.717) is 27.1 Å². The van der Waals surface area contributed by atoms with Gasteiger partial charge in [0, 0.05) is 63.6 Å². The predicted octanol–water partition coefficient (Wildman–Crippen LogP) is 14.2. The SMILES string of the molecule is CCC(CC)C(=O)/C=C(\O)C(CC)CC.[2H]C([2H])([2H])c1c(-c2ccc(CC(C)(C)C(F)(F)F)cc2)sc2c(-c3[c-]c4ccccc4c(C(C)(C)C)c3)nccc12.[Ir]. The second-order valence-electron chi connectivity index (χ2n) is 15.5. The molecule has 0 aliphatic rings. The van der Waals surface area contributed by atoms with Crippen molar-refractivity contribution in [1.29, 1.82) is 0 Å². The van der Waals surface area contributed by atoms with Crippen LogP contribution in [0.2, 0.25) is 0 Å². The van der Waals surface area contributed by atoms with Crippen LogP contribution in [-0.4, -0.2) is 22.1 Å². The third-order valence-corrected chi connectivity index (χ3v) is 11.4. The van der Waals surface area contributed by atoms with Crippen LogP contribution in [0.25, 0.3) is 42.6 Å². The summed E-state index contributed by atoms with van der Waals surface area (Å²) in [6.45, 7) is 14.5. The van der Waals surface area contributed by atoms with Crippen LogP contribution in [0.5, 0.6) is 0 Å². The van der Waals surface area contributed by atoms with E-state index in [1.807, 2.05) is 45.9 Å². The maximum absolute atomic E-state index is 13.5. The van der Waals surface area contributed by atoms with Gasteiger partial charge in [0.25, 0.3) is 0 Å². The Kier molecular flexibility index (Phi) is 13.9. The number of pyridine rings is 1. The van der Waals surface area contributed by atoms with E-state index in [1.54, 1.807) is 36.5 Å². The first-order valence-corrected chi connectivity index (χ1v) is 19.4. The van der Waals surface area contributed by atoms with E-state index < -0.39 is 18.4 Å². The maximum atomic E-state index is 13.5. The molecule has 3 aromatic carbocycles. The van der Waals surface area contributed by atoms with E-state index in [-0.39, 0.29) is 60.9 Å². The number of halogens is 3. The number of benzene rings is 3. The molecular weight excluding hydrogens is 880 g/mol. The van der Waals surface area contributed by atoms with Crippen molar-refractivity contribution in [3.63, 3.8) is 0 Å². The number of aryl methyl sites for hydroxylation is 1. The standard InChI is InChI=1S/C33H31F3NS.C13H24O2.Ir/c1-20-25-15-16-37-28(24-17-23-9-7-8-10-26(23)27(18-24)31(2,3)4)30(25)38-29(20)22-13-11-21(12-14-22)19-32(5,6)33(34,35)36;1-5-10(6-2)12(14)9-13(15)11(7-3)8-4;/h7-16,18H,19H2,1-6H3;9-11,14H,5-8H2,1-4H3;/q-1;;/b;12-9-;/i1D3;;. The van der Waals surface area contributed by atoms with Crippen LogP contribution in [0.4, 0.5) is 13.2 Å². The summed E-state index contributed by atoms with van der Waals surface area (Å²) in [5.74, 6) is 0.547. The van der Waals surface area contributed by atoms with Gasteiger partial charge >= 0.3 is 6.18 Å². The molecule has 8 heteroatoms. The largest absolute Gasteiger partial charge is 0.512 e. The van der Waals surface area contributed by atoms with Crippen molar-refractivity contribution in [2.45, 2.75) is 113 Å². The third kappa shape index (κ3) is 10.3. The summed E-state index contributed by atoms with van der Waals surface area (Å²) in [5, 5.41) is 12.4. The molecule has 0 amide bonds. The number of carbonyl (C=O) groups excluding carboxylic acids is 1. The van der Waals surface area contributed by atoms with Crippen molar-refractivity contribution >= 4 is 38.0 Å². The van der Waals surface area contributed by atoms with Crippen LogP contribution >= 0.6 is 11.3 Å². The van der Waals surface area contributed by atoms with Crippen LogP contribution in [-0.2, 0) is 36.7 Å². The number of hydrogen-bond donors (Lipinski definition) is 1.